The second-order valence-electron chi connectivity index (χ2n) is 4.46. The Balaban J connectivity index is 2.55. The topological polar surface area (TPSA) is 93.5 Å². The van der Waals surface area contributed by atoms with Gasteiger partial charge in [0.2, 0.25) is 0 Å². The molecule has 2 aromatic rings. The van der Waals surface area contributed by atoms with Crippen molar-refractivity contribution in [1.82, 2.24) is 10.5 Å². The van der Waals surface area contributed by atoms with Gasteiger partial charge in [0.15, 0.2) is 5.96 Å². The molecule has 110 valence electrons. The van der Waals surface area contributed by atoms with Crippen LogP contribution in [-0.4, -0.2) is 24.1 Å². The van der Waals surface area contributed by atoms with Crippen LogP contribution in [0.15, 0.2) is 27.7 Å². The SMILES string of the molecule is CN=C(N)NC(=O)c1c(-c2c(C)cccc2Cl)noc1C. The van der Waals surface area contributed by atoms with Crippen LogP contribution < -0.4 is 11.1 Å². The fourth-order valence-electron chi connectivity index (χ4n) is 1.98. The van der Waals surface area contributed by atoms with Crippen molar-refractivity contribution >= 4 is 23.5 Å². The first kappa shape index (κ1) is 15.1. The maximum Gasteiger partial charge on any atom is 0.263 e. The predicted molar refractivity (Wildman–Crippen MR) is 81.4 cm³/mol. The summed E-state index contributed by atoms with van der Waals surface area (Å²) in [5.74, 6) is -0.0423. The minimum absolute atomic E-state index is 0.0161. The molecule has 6 nitrogen and oxygen atoms in total. The third-order valence-electron chi connectivity index (χ3n) is 3.03. The molecule has 0 radical (unpaired) electrons. The maximum absolute atomic E-state index is 12.3. The Morgan fingerprint density at radius 2 is 2.14 bits per heavy atom. The first-order chi connectivity index (χ1) is 9.95. The summed E-state index contributed by atoms with van der Waals surface area (Å²) in [6.45, 7) is 3.53. The Kier molecular flexibility index (Phi) is 4.28. The highest BCUT2D eigenvalue weighted by Crippen LogP contribution is 2.33. The fourth-order valence-corrected chi connectivity index (χ4v) is 2.29. The fraction of sp³-hybridized carbons (Fsp3) is 0.214. The van der Waals surface area contributed by atoms with Crippen LogP contribution in [0.2, 0.25) is 5.02 Å². The van der Waals surface area contributed by atoms with Crippen molar-refractivity contribution in [1.29, 1.82) is 0 Å². The van der Waals surface area contributed by atoms with E-state index in [0.717, 1.165) is 5.56 Å². The zero-order valence-electron chi connectivity index (χ0n) is 11.9. The molecule has 1 aromatic heterocycles. The van der Waals surface area contributed by atoms with Crippen molar-refractivity contribution in [3.8, 4) is 11.3 Å². The van der Waals surface area contributed by atoms with Crippen LogP contribution in [0.3, 0.4) is 0 Å². The van der Waals surface area contributed by atoms with E-state index in [1.165, 1.54) is 7.05 Å². The predicted octanol–water partition coefficient (Wildman–Crippen LogP) is 2.29. The van der Waals surface area contributed by atoms with Gasteiger partial charge in [-0.15, -0.1) is 0 Å². The average molecular weight is 307 g/mol. The Morgan fingerprint density at radius 1 is 1.43 bits per heavy atom. The highest BCUT2D eigenvalue weighted by molar-refractivity contribution is 6.33. The number of benzene rings is 1. The smallest absolute Gasteiger partial charge is 0.263 e. The summed E-state index contributed by atoms with van der Waals surface area (Å²) in [4.78, 5) is 16.0. The largest absolute Gasteiger partial charge is 0.370 e. The molecule has 0 bridgehead atoms. The molecular weight excluding hydrogens is 292 g/mol. The second kappa shape index (κ2) is 5.97. The highest BCUT2D eigenvalue weighted by atomic mass is 35.5. The number of rotatable bonds is 2. The summed E-state index contributed by atoms with van der Waals surface area (Å²) in [5.41, 5.74) is 7.75. The molecule has 0 aliphatic rings. The third kappa shape index (κ3) is 2.90. The van der Waals surface area contributed by atoms with Crippen LogP contribution in [0, 0.1) is 13.8 Å². The maximum atomic E-state index is 12.3. The number of carbonyl (C=O) groups is 1. The lowest BCUT2D eigenvalue weighted by molar-refractivity contribution is 0.0975. The summed E-state index contributed by atoms with van der Waals surface area (Å²) >= 11 is 6.22. The van der Waals surface area contributed by atoms with Crippen LogP contribution in [0.1, 0.15) is 21.7 Å². The van der Waals surface area contributed by atoms with Crippen LogP contribution in [-0.2, 0) is 0 Å². The molecule has 1 amide bonds. The molecule has 7 heteroatoms. The van der Waals surface area contributed by atoms with Gasteiger partial charge in [0.25, 0.3) is 5.91 Å². The van der Waals surface area contributed by atoms with Crippen LogP contribution in [0.4, 0.5) is 0 Å². The zero-order valence-corrected chi connectivity index (χ0v) is 12.7. The van der Waals surface area contributed by atoms with Crippen molar-refractivity contribution in [2.45, 2.75) is 13.8 Å². The van der Waals surface area contributed by atoms with Crippen LogP contribution >= 0.6 is 11.6 Å². The molecule has 0 aliphatic carbocycles. The van der Waals surface area contributed by atoms with Crippen LogP contribution in [0.5, 0.6) is 0 Å². The number of amides is 1. The molecule has 0 fully saturated rings. The van der Waals surface area contributed by atoms with E-state index in [9.17, 15) is 4.79 Å². The summed E-state index contributed by atoms with van der Waals surface area (Å²) < 4.78 is 5.15. The van der Waals surface area contributed by atoms with Crippen molar-refractivity contribution in [3.63, 3.8) is 0 Å². The number of carbonyl (C=O) groups excluding carboxylic acids is 1. The monoisotopic (exact) mass is 306 g/mol. The molecule has 0 aliphatic heterocycles. The molecule has 0 saturated heterocycles. The van der Waals surface area contributed by atoms with E-state index < -0.39 is 5.91 Å². The van der Waals surface area contributed by atoms with Gasteiger partial charge in [0, 0.05) is 12.6 Å². The zero-order chi connectivity index (χ0) is 15.6. The second-order valence-corrected chi connectivity index (χ2v) is 4.86. The van der Waals surface area contributed by atoms with Crippen molar-refractivity contribution in [2.75, 3.05) is 7.05 Å². The van der Waals surface area contributed by atoms with E-state index in [1.807, 2.05) is 19.1 Å². The summed E-state index contributed by atoms with van der Waals surface area (Å²) in [6, 6.07) is 5.45. The van der Waals surface area contributed by atoms with Crippen molar-refractivity contribution in [3.05, 3.63) is 40.1 Å². The van der Waals surface area contributed by atoms with E-state index in [1.54, 1.807) is 13.0 Å². The summed E-state index contributed by atoms with van der Waals surface area (Å²) in [7, 11) is 1.48. The number of halogens is 1. The Bertz CT molecular complexity index is 702. The highest BCUT2D eigenvalue weighted by Gasteiger charge is 2.24. The van der Waals surface area contributed by atoms with Gasteiger partial charge >= 0.3 is 0 Å². The standard InChI is InChI=1S/C14H15ClN4O2/c1-7-5-4-6-9(15)10(7)12-11(8(2)21-19-12)13(20)18-14(16)17-3/h4-6H,1-3H3,(H3,16,17,18,20). The van der Waals surface area contributed by atoms with Gasteiger partial charge in [-0.2, -0.15) is 0 Å². The lowest BCUT2D eigenvalue weighted by Crippen LogP contribution is -2.36. The number of aliphatic imine (C=N–C) groups is 1. The van der Waals surface area contributed by atoms with Gasteiger partial charge < -0.3 is 10.3 Å². The molecule has 2 rings (SSSR count). The number of hydrogen-bond acceptors (Lipinski definition) is 4. The Hall–Kier alpha value is -2.34. The Labute approximate surface area is 127 Å². The average Bonchev–Trinajstić information content (AvgIpc) is 2.80. The van der Waals surface area contributed by atoms with Gasteiger partial charge in [0.05, 0.1) is 5.02 Å². The number of hydrogen-bond donors (Lipinski definition) is 2. The van der Waals surface area contributed by atoms with Crippen molar-refractivity contribution < 1.29 is 9.32 Å². The lowest BCUT2D eigenvalue weighted by atomic mass is 10.0. The molecule has 0 unspecified atom stereocenters. The molecule has 0 atom stereocenters. The molecule has 1 heterocycles. The summed E-state index contributed by atoms with van der Waals surface area (Å²) in [6.07, 6.45) is 0. The molecule has 3 N–H and O–H groups in total. The van der Waals surface area contributed by atoms with Gasteiger partial charge in [-0.1, -0.05) is 28.9 Å². The van der Waals surface area contributed by atoms with Gasteiger partial charge in [-0.25, -0.2) is 0 Å². The third-order valence-corrected chi connectivity index (χ3v) is 3.35. The number of nitrogens with one attached hydrogen (secondary N) is 1. The molecule has 21 heavy (non-hydrogen) atoms. The first-order valence-electron chi connectivity index (χ1n) is 6.21. The van der Waals surface area contributed by atoms with E-state index >= 15 is 0 Å². The van der Waals surface area contributed by atoms with Gasteiger partial charge in [-0.3, -0.25) is 15.1 Å². The molecule has 0 saturated carbocycles. The minimum atomic E-state index is -0.439. The number of nitrogens with zero attached hydrogens (tertiary/aromatic N) is 2. The van der Waals surface area contributed by atoms with Gasteiger partial charge in [-0.05, 0) is 25.5 Å². The van der Waals surface area contributed by atoms with E-state index in [-0.39, 0.29) is 11.5 Å². The first-order valence-corrected chi connectivity index (χ1v) is 6.58. The molecule has 0 spiro atoms. The van der Waals surface area contributed by atoms with E-state index in [4.69, 9.17) is 21.9 Å². The lowest BCUT2D eigenvalue weighted by Gasteiger charge is -2.08. The number of aryl methyl sites for hydroxylation is 2. The van der Waals surface area contributed by atoms with Crippen LogP contribution in [0.25, 0.3) is 11.3 Å². The number of nitrogens with two attached hydrogens (primary N) is 1. The Morgan fingerprint density at radius 3 is 2.76 bits per heavy atom. The number of guanidine groups is 1. The van der Waals surface area contributed by atoms with E-state index in [0.29, 0.717) is 22.0 Å². The summed E-state index contributed by atoms with van der Waals surface area (Å²) in [5, 5.41) is 6.92. The molecule has 1 aromatic carbocycles. The normalized spacial score (nSPS) is 11.5. The quantitative estimate of drug-likeness (QED) is 0.657. The van der Waals surface area contributed by atoms with E-state index in [2.05, 4.69) is 15.5 Å². The number of aromatic nitrogens is 1. The van der Waals surface area contributed by atoms with Gasteiger partial charge in [0.1, 0.15) is 17.0 Å². The minimum Gasteiger partial charge on any atom is -0.370 e. The van der Waals surface area contributed by atoms with Crippen molar-refractivity contribution in [2.24, 2.45) is 10.7 Å². The molecular formula is C14H15ClN4O2.